The van der Waals surface area contributed by atoms with Crippen LogP contribution in [0.4, 0.5) is 0 Å². The Morgan fingerprint density at radius 2 is 2.08 bits per heavy atom. The highest BCUT2D eigenvalue weighted by Gasteiger charge is 2.35. The number of unbranched alkanes of at least 4 members (excludes halogenated alkanes) is 1. The van der Waals surface area contributed by atoms with Crippen molar-refractivity contribution < 1.29 is 14.3 Å². The number of rotatable bonds is 6. The van der Waals surface area contributed by atoms with E-state index in [4.69, 9.17) is 4.74 Å². The van der Waals surface area contributed by atoms with E-state index in [1.165, 1.54) is 0 Å². The number of hydrogen-bond donors (Lipinski definition) is 0. The van der Waals surface area contributed by atoms with E-state index in [0.29, 0.717) is 25.3 Å². The molecule has 0 spiro atoms. The quantitative estimate of drug-likeness (QED) is 0.799. The van der Waals surface area contributed by atoms with Crippen LogP contribution in [0.5, 0.6) is 5.75 Å². The normalized spacial score (nSPS) is 17.6. The molecule has 0 saturated carbocycles. The number of carbonyl (C=O) groups is 2. The molecule has 0 radical (unpaired) electrons. The summed E-state index contributed by atoms with van der Waals surface area (Å²) in [6, 6.07) is 9.05. The van der Waals surface area contributed by atoms with Gasteiger partial charge in [-0.25, -0.2) is 0 Å². The van der Waals surface area contributed by atoms with Gasteiger partial charge in [0, 0.05) is 31.7 Å². The minimum Gasteiger partial charge on any atom is -0.483 e. The lowest BCUT2D eigenvalue weighted by atomic mass is 10.0. The summed E-state index contributed by atoms with van der Waals surface area (Å²) in [5, 5.41) is 0.875. The zero-order valence-electron chi connectivity index (χ0n) is 15.4. The molecule has 1 saturated heterocycles. The molecule has 3 rings (SSSR count). The maximum atomic E-state index is 12.7. The number of benzene rings is 1. The number of aromatic nitrogens is 1. The number of ether oxygens (including phenoxy) is 1. The molecule has 1 atom stereocenters. The van der Waals surface area contributed by atoms with E-state index in [2.05, 4.69) is 11.9 Å². The monoisotopic (exact) mass is 355 g/mol. The lowest BCUT2D eigenvalue weighted by Gasteiger charge is -2.39. The Hall–Kier alpha value is -2.63. The predicted octanol–water partition coefficient (Wildman–Crippen LogP) is 2.47. The number of para-hydroxylation sites is 1. The third kappa shape index (κ3) is 3.79. The van der Waals surface area contributed by atoms with Crippen molar-refractivity contribution >= 4 is 22.7 Å². The van der Waals surface area contributed by atoms with E-state index in [0.717, 1.165) is 23.7 Å². The average Bonchev–Trinajstić information content (AvgIpc) is 2.67. The van der Waals surface area contributed by atoms with Crippen molar-refractivity contribution in [1.29, 1.82) is 0 Å². The minimum absolute atomic E-state index is 0.0208. The van der Waals surface area contributed by atoms with Crippen LogP contribution in [-0.4, -0.2) is 59.4 Å². The molecule has 1 aromatic carbocycles. The van der Waals surface area contributed by atoms with Crippen LogP contribution in [0.1, 0.15) is 26.2 Å². The molecule has 1 unspecified atom stereocenters. The van der Waals surface area contributed by atoms with Crippen LogP contribution in [0.25, 0.3) is 10.9 Å². The summed E-state index contributed by atoms with van der Waals surface area (Å²) in [6.07, 6.45) is 4.29. The molecule has 0 bridgehead atoms. The summed E-state index contributed by atoms with van der Waals surface area (Å²) in [6.45, 7) is 3.12. The molecule has 1 fully saturated rings. The third-order valence-electron chi connectivity index (χ3n) is 4.83. The fourth-order valence-electron chi connectivity index (χ4n) is 3.30. The number of piperazine rings is 1. The molecule has 1 aliphatic heterocycles. The van der Waals surface area contributed by atoms with E-state index in [1.807, 2.05) is 24.3 Å². The predicted molar refractivity (Wildman–Crippen MR) is 99.9 cm³/mol. The van der Waals surface area contributed by atoms with Crippen LogP contribution in [-0.2, 0) is 9.59 Å². The first-order valence-electron chi connectivity index (χ1n) is 9.12. The molecule has 6 heteroatoms. The second-order valence-electron chi connectivity index (χ2n) is 6.62. The van der Waals surface area contributed by atoms with E-state index in [-0.39, 0.29) is 24.5 Å². The molecule has 2 aromatic rings. The molecular formula is C20H25N3O3. The first-order chi connectivity index (χ1) is 12.6. The Labute approximate surface area is 153 Å². The van der Waals surface area contributed by atoms with Crippen LogP contribution in [0.2, 0.25) is 0 Å². The number of carbonyl (C=O) groups excluding carboxylic acids is 2. The largest absolute Gasteiger partial charge is 0.483 e. The molecule has 138 valence electrons. The van der Waals surface area contributed by atoms with Gasteiger partial charge in [-0.1, -0.05) is 31.9 Å². The highest BCUT2D eigenvalue weighted by atomic mass is 16.5. The number of nitrogens with zero attached hydrogens (tertiary/aromatic N) is 3. The van der Waals surface area contributed by atoms with E-state index in [9.17, 15) is 9.59 Å². The van der Waals surface area contributed by atoms with Crippen LogP contribution in [0, 0.1) is 0 Å². The van der Waals surface area contributed by atoms with Crippen molar-refractivity contribution in [2.75, 3.05) is 26.7 Å². The van der Waals surface area contributed by atoms with E-state index in [1.54, 1.807) is 29.1 Å². The molecule has 2 heterocycles. The standard InChI is InChI=1S/C20H25N3O3/c1-3-4-9-17-20(25)22(2)12-13-23(17)19(24)14-26-18-10-11-21-16-8-6-5-7-15(16)18/h5-8,10-11,17H,3-4,9,12-14H2,1-2H3. The van der Waals surface area contributed by atoms with Crippen molar-refractivity contribution in [1.82, 2.24) is 14.8 Å². The van der Waals surface area contributed by atoms with Gasteiger partial charge < -0.3 is 14.5 Å². The maximum Gasteiger partial charge on any atom is 0.261 e. The highest BCUT2D eigenvalue weighted by Crippen LogP contribution is 2.24. The Morgan fingerprint density at radius 1 is 1.27 bits per heavy atom. The number of amides is 2. The van der Waals surface area contributed by atoms with E-state index < -0.39 is 0 Å². The zero-order valence-corrected chi connectivity index (χ0v) is 15.4. The lowest BCUT2D eigenvalue weighted by Crippen LogP contribution is -2.58. The van der Waals surface area contributed by atoms with Gasteiger partial charge in [0.1, 0.15) is 11.8 Å². The number of fused-ring (bicyclic) bond motifs is 1. The minimum atomic E-state index is -0.376. The second kappa shape index (κ2) is 8.17. The summed E-state index contributed by atoms with van der Waals surface area (Å²) >= 11 is 0. The summed E-state index contributed by atoms with van der Waals surface area (Å²) in [5.41, 5.74) is 0.827. The van der Waals surface area contributed by atoms with Gasteiger partial charge in [-0.3, -0.25) is 14.6 Å². The lowest BCUT2D eigenvalue weighted by molar-refractivity contribution is -0.151. The summed E-state index contributed by atoms with van der Waals surface area (Å²) in [5.74, 6) is 0.510. The van der Waals surface area contributed by atoms with Crippen LogP contribution >= 0.6 is 0 Å². The zero-order chi connectivity index (χ0) is 18.5. The Bertz CT molecular complexity index is 787. The Balaban J connectivity index is 1.70. The van der Waals surface area contributed by atoms with Crippen LogP contribution in [0.3, 0.4) is 0 Å². The fourth-order valence-corrected chi connectivity index (χ4v) is 3.30. The molecule has 0 aliphatic carbocycles. The van der Waals surface area contributed by atoms with Gasteiger partial charge in [-0.15, -0.1) is 0 Å². The summed E-state index contributed by atoms with van der Waals surface area (Å²) in [7, 11) is 1.79. The highest BCUT2D eigenvalue weighted by molar-refractivity contribution is 5.90. The smallest absolute Gasteiger partial charge is 0.261 e. The maximum absolute atomic E-state index is 12.7. The van der Waals surface area contributed by atoms with Crippen LogP contribution < -0.4 is 4.74 Å². The second-order valence-corrected chi connectivity index (χ2v) is 6.62. The van der Waals surface area contributed by atoms with Crippen molar-refractivity contribution in [2.45, 2.75) is 32.2 Å². The molecule has 0 N–H and O–H groups in total. The Morgan fingerprint density at radius 3 is 2.88 bits per heavy atom. The number of hydrogen-bond acceptors (Lipinski definition) is 4. The Kier molecular flexibility index (Phi) is 5.71. The van der Waals surface area contributed by atoms with Gasteiger partial charge in [-0.05, 0) is 24.6 Å². The van der Waals surface area contributed by atoms with Gasteiger partial charge in [0.15, 0.2) is 6.61 Å². The summed E-state index contributed by atoms with van der Waals surface area (Å²) < 4.78 is 5.79. The van der Waals surface area contributed by atoms with Crippen molar-refractivity contribution in [3.8, 4) is 5.75 Å². The SMILES string of the molecule is CCCCC1C(=O)N(C)CCN1C(=O)COc1ccnc2ccccc12. The molecule has 2 amide bonds. The molecular weight excluding hydrogens is 330 g/mol. The van der Waals surface area contributed by atoms with Gasteiger partial charge in [0.2, 0.25) is 5.91 Å². The van der Waals surface area contributed by atoms with Crippen molar-refractivity contribution in [2.24, 2.45) is 0 Å². The first-order valence-corrected chi connectivity index (χ1v) is 9.12. The van der Waals surface area contributed by atoms with Crippen LogP contribution in [0.15, 0.2) is 36.5 Å². The number of likely N-dealkylation sites (N-methyl/N-ethyl adjacent to an activating group) is 1. The molecule has 1 aromatic heterocycles. The topological polar surface area (TPSA) is 62.7 Å². The fraction of sp³-hybridized carbons (Fsp3) is 0.450. The van der Waals surface area contributed by atoms with Gasteiger partial charge in [0.05, 0.1) is 5.52 Å². The van der Waals surface area contributed by atoms with Gasteiger partial charge in [-0.2, -0.15) is 0 Å². The van der Waals surface area contributed by atoms with Gasteiger partial charge >= 0.3 is 0 Å². The average molecular weight is 355 g/mol. The first kappa shape index (κ1) is 18.2. The van der Waals surface area contributed by atoms with Crippen molar-refractivity contribution in [3.05, 3.63) is 36.5 Å². The van der Waals surface area contributed by atoms with Crippen molar-refractivity contribution in [3.63, 3.8) is 0 Å². The molecule has 26 heavy (non-hydrogen) atoms. The molecule has 1 aliphatic rings. The summed E-state index contributed by atoms with van der Waals surface area (Å²) in [4.78, 5) is 32.9. The number of pyridine rings is 1. The van der Waals surface area contributed by atoms with Gasteiger partial charge in [0.25, 0.3) is 5.91 Å². The molecule has 6 nitrogen and oxygen atoms in total. The van der Waals surface area contributed by atoms with E-state index >= 15 is 0 Å². The third-order valence-corrected chi connectivity index (χ3v) is 4.83.